The molecule has 1 atom stereocenters. The van der Waals surface area contributed by atoms with Crippen LogP contribution in [0, 0.1) is 0 Å². The van der Waals surface area contributed by atoms with Gasteiger partial charge in [-0.05, 0) is 35.1 Å². The van der Waals surface area contributed by atoms with E-state index in [2.05, 4.69) is 17.4 Å². The number of ketones is 1. The van der Waals surface area contributed by atoms with E-state index in [1.165, 1.54) is 0 Å². The number of nitrogens with one attached hydrogen (secondary N) is 1. The van der Waals surface area contributed by atoms with Gasteiger partial charge in [-0.25, -0.2) is 9.59 Å². The zero-order valence-electron chi connectivity index (χ0n) is 17.8. The number of amides is 1. The predicted octanol–water partition coefficient (Wildman–Crippen LogP) is 4.91. The van der Waals surface area contributed by atoms with Gasteiger partial charge in [0.2, 0.25) is 0 Å². The van der Waals surface area contributed by atoms with Crippen molar-refractivity contribution in [2.24, 2.45) is 0 Å². The van der Waals surface area contributed by atoms with E-state index in [9.17, 15) is 19.5 Å². The minimum absolute atomic E-state index is 0.0717. The second-order valence-corrected chi connectivity index (χ2v) is 7.85. The van der Waals surface area contributed by atoms with E-state index in [0.29, 0.717) is 25.7 Å². The number of ether oxygens (including phenoxy) is 1. The number of hydrogen-bond acceptors (Lipinski definition) is 4. The van der Waals surface area contributed by atoms with Crippen molar-refractivity contribution in [1.29, 1.82) is 0 Å². The first-order valence-corrected chi connectivity index (χ1v) is 10.9. The van der Waals surface area contributed by atoms with Gasteiger partial charge in [0.05, 0.1) is 0 Å². The summed E-state index contributed by atoms with van der Waals surface area (Å²) in [6.45, 7) is 1.98. The first-order valence-electron chi connectivity index (χ1n) is 10.9. The standard InChI is InChI=1S/C25H29NO5/c1-2-17(27)10-4-3-5-15-23(24(28)29)26-25(30)31-16-22-20-13-8-6-11-18(20)19-12-7-9-14-21(19)22/h6-9,11-14,22-23H,2-5,10,15-16H2,1H3,(H,26,30)(H,28,29)/t23-/m0/s1. The molecule has 1 amide bonds. The zero-order valence-corrected chi connectivity index (χ0v) is 17.8. The first kappa shape index (κ1) is 22.5. The van der Waals surface area contributed by atoms with Crippen LogP contribution in [0.1, 0.15) is 62.5 Å². The fourth-order valence-electron chi connectivity index (χ4n) is 4.06. The van der Waals surface area contributed by atoms with Crippen molar-refractivity contribution in [3.63, 3.8) is 0 Å². The highest BCUT2D eigenvalue weighted by Crippen LogP contribution is 2.44. The Balaban J connectivity index is 1.52. The van der Waals surface area contributed by atoms with Crippen LogP contribution in [0.25, 0.3) is 11.1 Å². The first-order chi connectivity index (χ1) is 15.0. The number of hydrogen-bond donors (Lipinski definition) is 2. The molecule has 0 heterocycles. The van der Waals surface area contributed by atoms with Crippen molar-refractivity contribution in [3.8, 4) is 11.1 Å². The van der Waals surface area contributed by atoms with Crippen molar-refractivity contribution >= 4 is 17.8 Å². The van der Waals surface area contributed by atoms with Gasteiger partial charge in [-0.3, -0.25) is 4.79 Å². The van der Waals surface area contributed by atoms with Gasteiger partial charge in [-0.2, -0.15) is 0 Å². The third-order valence-corrected chi connectivity index (χ3v) is 5.78. The van der Waals surface area contributed by atoms with Gasteiger partial charge in [0.25, 0.3) is 0 Å². The number of carbonyl (C=O) groups is 3. The number of Topliss-reactive ketones (excluding diaryl/α,β-unsaturated/α-hetero) is 1. The number of carbonyl (C=O) groups excluding carboxylic acids is 2. The van der Waals surface area contributed by atoms with Gasteiger partial charge in [0, 0.05) is 18.8 Å². The largest absolute Gasteiger partial charge is 0.480 e. The van der Waals surface area contributed by atoms with Crippen molar-refractivity contribution in [1.82, 2.24) is 5.32 Å². The summed E-state index contributed by atoms with van der Waals surface area (Å²) in [6, 6.07) is 15.1. The molecule has 6 nitrogen and oxygen atoms in total. The molecule has 2 N–H and O–H groups in total. The van der Waals surface area contributed by atoms with Crippen LogP contribution in [-0.2, 0) is 14.3 Å². The molecule has 0 aromatic heterocycles. The SMILES string of the molecule is CCC(=O)CCCCC[C@H](NC(=O)OCC1c2ccccc2-c2ccccc21)C(=O)O. The van der Waals surface area contributed by atoms with Gasteiger partial charge >= 0.3 is 12.1 Å². The Bertz CT molecular complexity index is 894. The average molecular weight is 424 g/mol. The molecule has 0 saturated carbocycles. The molecule has 1 aliphatic carbocycles. The third kappa shape index (κ3) is 5.72. The Labute approximate surface area is 182 Å². The predicted molar refractivity (Wildman–Crippen MR) is 118 cm³/mol. The quantitative estimate of drug-likeness (QED) is 0.501. The molecule has 6 heteroatoms. The molecule has 0 bridgehead atoms. The van der Waals surface area contributed by atoms with Crippen LogP contribution in [0.2, 0.25) is 0 Å². The minimum atomic E-state index is -1.09. The minimum Gasteiger partial charge on any atom is -0.480 e. The average Bonchev–Trinajstić information content (AvgIpc) is 3.10. The molecule has 0 unspecified atom stereocenters. The highest BCUT2D eigenvalue weighted by Gasteiger charge is 2.29. The molecule has 2 aromatic rings. The van der Waals surface area contributed by atoms with E-state index < -0.39 is 18.1 Å². The van der Waals surface area contributed by atoms with Crippen LogP contribution in [-0.4, -0.2) is 35.6 Å². The maximum absolute atomic E-state index is 12.3. The van der Waals surface area contributed by atoms with E-state index in [4.69, 9.17) is 4.74 Å². The summed E-state index contributed by atoms with van der Waals surface area (Å²) < 4.78 is 5.44. The normalized spacial score (nSPS) is 13.2. The molecular formula is C25H29NO5. The van der Waals surface area contributed by atoms with Crippen molar-refractivity contribution in [3.05, 3.63) is 59.7 Å². The number of aliphatic carboxylic acids is 1. The lowest BCUT2D eigenvalue weighted by Crippen LogP contribution is -2.41. The lowest BCUT2D eigenvalue weighted by Gasteiger charge is -2.17. The number of carboxylic acids is 1. The van der Waals surface area contributed by atoms with Crippen LogP contribution in [0.3, 0.4) is 0 Å². The summed E-state index contributed by atoms with van der Waals surface area (Å²) in [6.07, 6.45) is 2.74. The van der Waals surface area contributed by atoms with Crippen LogP contribution >= 0.6 is 0 Å². The molecule has 2 aromatic carbocycles. The molecule has 0 radical (unpaired) electrons. The van der Waals surface area contributed by atoms with Crippen LogP contribution < -0.4 is 5.32 Å². The van der Waals surface area contributed by atoms with Crippen LogP contribution in [0.15, 0.2) is 48.5 Å². The highest BCUT2D eigenvalue weighted by molar-refractivity contribution is 5.81. The summed E-state index contributed by atoms with van der Waals surface area (Å²) in [5.41, 5.74) is 4.48. The Morgan fingerprint density at radius 1 is 0.968 bits per heavy atom. The number of rotatable bonds is 11. The van der Waals surface area contributed by atoms with E-state index in [1.54, 1.807) is 0 Å². The maximum atomic E-state index is 12.3. The maximum Gasteiger partial charge on any atom is 0.407 e. The topological polar surface area (TPSA) is 92.7 Å². The van der Waals surface area contributed by atoms with E-state index in [1.807, 2.05) is 43.3 Å². The molecular weight excluding hydrogens is 394 g/mol. The summed E-state index contributed by atoms with van der Waals surface area (Å²) in [4.78, 5) is 35.2. The molecule has 3 rings (SSSR count). The van der Waals surface area contributed by atoms with Crippen molar-refractivity contribution < 1.29 is 24.2 Å². The number of benzene rings is 2. The van der Waals surface area contributed by atoms with E-state index in [-0.39, 0.29) is 18.3 Å². The Morgan fingerprint density at radius 2 is 1.58 bits per heavy atom. The van der Waals surface area contributed by atoms with Gasteiger partial charge < -0.3 is 15.2 Å². The molecule has 0 fully saturated rings. The number of fused-ring (bicyclic) bond motifs is 3. The Hall–Kier alpha value is -3.15. The van der Waals surface area contributed by atoms with Crippen molar-refractivity contribution in [2.75, 3.05) is 6.61 Å². The monoisotopic (exact) mass is 423 g/mol. The molecule has 31 heavy (non-hydrogen) atoms. The fraction of sp³-hybridized carbons (Fsp3) is 0.400. The number of alkyl carbamates (subject to hydrolysis) is 1. The molecule has 0 aliphatic heterocycles. The Kier molecular flexibility index (Phi) is 7.82. The zero-order chi connectivity index (χ0) is 22.2. The summed E-state index contributed by atoms with van der Waals surface area (Å²) in [5, 5.41) is 11.9. The molecule has 0 saturated heterocycles. The lowest BCUT2D eigenvalue weighted by molar-refractivity contribution is -0.139. The lowest BCUT2D eigenvalue weighted by atomic mass is 9.98. The molecule has 0 spiro atoms. The number of carboxylic acid groups (broad SMARTS) is 1. The second-order valence-electron chi connectivity index (χ2n) is 7.85. The van der Waals surface area contributed by atoms with Crippen LogP contribution in [0.5, 0.6) is 0 Å². The van der Waals surface area contributed by atoms with Gasteiger partial charge in [-0.1, -0.05) is 68.3 Å². The number of unbranched alkanes of at least 4 members (excludes halogenated alkanes) is 2. The summed E-state index contributed by atoms with van der Waals surface area (Å²) in [5.74, 6) is -0.942. The smallest absolute Gasteiger partial charge is 0.407 e. The third-order valence-electron chi connectivity index (χ3n) is 5.78. The Morgan fingerprint density at radius 3 is 2.16 bits per heavy atom. The van der Waals surface area contributed by atoms with Gasteiger partial charge in [-0.15, -0.1) is 0 Å². The fourth-order valence-corrected chi connectivity index (χ4v) is 4.06. The van der Waals surface area contributed by atoms with E-state index in [0.717, 1.165) is 35.1 Å². The molecule has 164 valence electrons. The van der Waals surface area contributed by atoms with Gasteiger partial charge in [0.1, 0.15) is 18.4 Å². The van der Waals surface area contributed by atoms with Gasteiger partial charge in [0.15, 0.2) is 0 Å². The second kappa shape index (κ2) is 10.8. The van der Waals surface area contributed by atoms with E-state index >= 15 is 0 Å². The van der Waals surface area contributed by atoms with Crippen molar-refractivity contribution in [2.45, 2.75) is 57.4 Å². The molecule has 1 aliphatic rings. The summed E-state index contributed by atoms with van der Waals surface area (Å²) >= 11 is 0. The summed E-state index contributed by atoms with van der Waals surface area (Å²) in [7, 11) is 0. The van der Waals surface area contributed by atoms with Crippen LogP contribution in [0.4, 0.5) is 4.79 Å². The highest BCUT2D eigenvalue weighted by atomic mass is 16.5.